The summed E-state index contributed by atoms with van der Waals surface area (Å²) in [6.45, 7) is 3.17. The molecule has 1 aromatic carbocycles. The number of hydrogen-bond acceptors (Lipinski definition) is 4. The minimum atomic E-state index is -3.92. The van der Waals surface area contributed by atoms with Gasteiger partial charge in [-0.3, -0.25) is 9.78 Å². The smallest absolute Gasteiger partial charge is 0.241 e. The van der Waals surface area contributed by atoms with Gasteiger partial charge in [0.1, 0.15) is 5.82 Å². The Labute approximate surface area is 140 Å². The first-order chi connectivity index (χ1) is 11.3. The Balaban J connectivity index is 2.02. The second-order valence-electron chi connectivity index (χ2n) is 5.33. The number of carbonyl (C=O) groups excluding carboxylic acids is 1. The first-order valence-corrected chi connectivity index (χ1v) is 8.73. The molecule has 0 aliphatic heterocycles. The van der Waals surface area contributed by atoms with Gasteiger partial charge < -0.3 is 5.32 Å². The molecule has 0 saturated heterocycles. The van der Waals surface area contributed by atoms with Gasteiger partial charge in [0.25, 0.3) is 0 Å². The molecule has 128 valence electrons. The van der Waals surface area contributed by atoms with Crippen molar-refractivity contribution in [1.82, 2.24) is 15.0 Å². The number of nitrogens with one attached hydrogen (secondary N) is 2. The van der Waals surface area contributed by atoms with Crippen LogP contribution >= 0.6 is 0 Å². The van der Waals surface area contributed by atoms with Crippen molar-refractivity contribution in [3.63, 3.8) is 0 Å². The number of hydrogen-bond donors (Lipinski definition) is 2. The maximum atomic E-state index is 13.1. The summed E-state index contributed by atoms with van der Waals surface area (Å²) >= 11 is 0. The van der Waals surface area contributed by atoms with Crippen molar-refractivity contribution in [2.75, 3.05) is 0 Å². The highest BCUT2D eigenvalue weighted by atomic mass is 32.2. The van der Waals surface area contributed by atoms with E-state index in [0.29, 0.717) is 0 Å². The molecule has 1 aromatic heterocycles. The fourth-order valence-corrected chi connectivity index (χ4v) is 3.54. The van der Waals surface area contributed by atoms with Crippen LogP contribution in [0.15, 0.2) is 47.6 Å². The molecule has 0 radical (unpaired) electrons. The average molecular weight is 351 g/mol. The fourth-order valence-electron chi connectivity index (χ4n) is 2.11. The van der Waals surface area contributed by atoms with E-state index in [1.807, 2.05) is 0 Å². The van der Waals surface area contributed by atoms with Gasteiger partial charge in [-0.1, -0.05) is 6.07 Å². The van der Waals surface area contributed by atoms with Crippen molar-refractivity contribution in [2.45, 2.75) is 31.3 Å². The number of rotatable bonds is 6. The van der Waals surface area contributed by atoms with Gasteiger partial charge in [-0.25, -0.2) is 12.8 Å². The SMILES string of the molecule is Cc1cc(F)ccc1S(=O)(=O)N[C@@H](C)C(=O)NCc1cccnc1. The Hall–Kier alpha value is -2.32. The highest BCUT2D eigenvalue weighted by Crippen LogP contribution is 2.16. The van der Waals surface area contributed by atoms with Crippen molar-refractivity contribution in [1.29, 1.82) is 0 Å². The second-order valence-corrected chi connectivity index (χ2v) is 7.01. The van der Waals surface area contributed by atoms with Gasteiger partial charge >= 0.3 is 0 Å². The number of nitrogens with zero attached hydrogens (tertiary/aromatic N) is 1. The Morgan fingerprint density at radius 3 is 2.71 bits per heavy atom. The van der Waals surface area contributed by atoms with Gasteiger partial charge in [0, 0.05) is 18.9 Å². The summed E-state index contributed by atoms with van der Waals surface area (Å²) in [4.78, 5) is 15.9. The summed E-state index contributed by atoms with van der Waals surface area (Å²) in [6, 6.07) is 5.93. The minimum Gasteiger partial charge on any atom is -0.351 e. The number of halogens is 1. The number of sulfonamides is 1. The Morgan fingerprint density at radius 2 is 2.08 bits per heavy atom. The molecule has 6 nitrogen and oxygen atoms in total. The number of amides is 1. The van der Waals surface area contributed by atoms with E-state index in [4.69, 9.17) is 0 Å². The molecule has 2 rings (SSSR count). The first kappa shape index (κ1) is 18.0. The molecule has 1 atom stereocenters. The molecule has 2 N–H and O–H groups in total. The van der Waals surface area contributed by atoms with Crippen molar-refractivity contribution < 1.29 is 17.6 Å². The van der Waals surface area contributed by atoms with Crippen LogP contribution in [0, 0.1) is 12.7 Å². The van der Waals surface area contributed by atoms with E-state index in [2.05, 4.69) is 15.0 Å². The van der Waals surface area contributed by atoms with Crippen molar-refractivity contribution >= 4 is 15.9 Å². The first-order valence-electron chi connectivity index (χ1n) is 7.24. The molecule has 0 saturated carbocycles. The third kappa shape index (κ3) is 4.59. The predicted octanol–water partition coefficient (Wildman–Crippen LogP) is 1.51. The van der Waals surface area contributed by atoms with Crippen LogP contribution in [0.5, 0.6) is 0 Å². The average Bonchev–Trinajstić information content (AvgIpc) is 2.52. The number of aryl methyl sites for hydroxylation is 1. The van der Waals surface area contributed by atoms with Crippen LogP contribution in [-0.2, 0) is 21.4 Å². The number of pyridine rings is 1. The molecular formula is C16H18FN3O3S. The molecule has 24 heavy (non-hydrogen) atoms. The summed E-state index contributed by atoms with van der Waals surface area (Å²) in [5.74, 6) is -0.990. The Morgan fingerprint density at radius 1 is 1.33 bits per heavy atom. The van der Waals surface area contributed by atoms with Crippen LogP contribution < -0.4 is 10.0 Å². The highest BCUT2D eigenvalue weighted by Gasteiger charge is 2.23. The largest absolute Gasteiger partial charge is 0.351 e. The third-order valence-corrected chi connectivity index (χ3v) is 5.04. The van der Waals surface area contributed by atoms with Crippen LogP contribution in [0.4, 0.5) is 4.39 Å². The van der Waals surface area contributed by atoms with E-state index in [-0.39, 0.29) is 17.0 Å². The van der Waals surface area contributed by atoms with Crippen molar-refractivity contribution in [3.05, 3.63) is 59.7 Å². The summed E-state index contributed by atoms with van der Waals surface area (Å²) in [6.07, 6.45) is 3.23. The Bertz CT molecular complexity index is 826. The van der Waals surface area contributed by atoms with E-state index in [9.17, 15) is 17.6 Å². The third-order valence-electron chi connectivity index (χ3n) is 3.34. The molecule has 0 bridgehead atoms. The molecule has 2 aromatic rings. The number of benzene rings is 1. The molecule has 0 spiro atoms. The van der Waals surface area contributed by atoms with Gasteiger partial charge in [0.15, 0.2) is 0 Å². The zero-order valence-electron chi connectivity index (χ0n) is 13.3. The maximum absolute atomic E-state index is 13.1. The highest BCUT2D eigenvalue weighted by molar-refractivity contribution is 7.89. The van der Waals surface area contributed by atoms with Crippen LogP contribution in [0.1, 0.15) is 18.1 Å². The van der Waals surface area contributed by atoms with Crippen molar-refractivity contribution in [3.8, 4) is 0 Å². The van der Waals surface area contributed by atoms with Crippen LogP contribution in [0.2, 0.25) is 0 Å². The van der Waals surface area contributed by atoms with E-state index < -0.39 is 27.8 Å². The zero-order valence-corrected chi connectivity index (χ0v) is 14.1. The predicted molar refractivity (Wildman–Crippen MR) is 87.0 cm³/mol. The zero-order chi connectivity index (χ0) is 17.7. The standard InChI is InChI=1S/C16H18FN3O3S/c1-11-8-14(17)5-6-15(11)24(22,23)20-12(2)16(21)19-10-13-4-3-7-18-9-13/h3-9,12,20H,10H2,1-2H3,(H,19,21)/t12-/m0/s1. The van der Waals surface area contributed by atoms with E-state index in [0.717, 1.165) is 17.7 Å². The molecular weight excluding hydrogens is 333 g/mol. The van der Waals surface area contributed by atoms with Gasteiger partial charge in [0.05, 0.1) is 10.9 Å². The van der Waals surface area contributed by atoms with E-state index in [1.165, 1.54) is 19.9 Å². The maximum Gasteiger partial charge on any atom is 0.241 e. The molecule has 8 heteroatoms. The number of carbonyl (C=O) groups is 1. The molecule has 0 aliphatic rings. The summed E-state index contributed by atoms with van der Waals surface area (Å²) in [5, 5.41) is 2.63. The molecule has 0 unspecified atom stereocenters. The van der Waals surface area contributed by atoms with Gasteiger partial charge in [-0.15, -0.1) is 0 Å². The molecule has 0 fully saturated rings. The van der Waals surface area contributed by atoms with E-state index in [1.54, 1.807) is 24.5 Å². The van der Waals surface area contributed by atoms with Gasteiger partial charge in [-0.05, 0) is 49.2 Å². The lowest BCUT2D eigenvalue weighted by Crippen LogP contribution is -2.44. The van der Waals surface area contributed by atoms with E-state index >= 15 is 0 Å². The summed E-state index contributed by atoms with van der Waals surface area (Å²) < 4.78 is 40.1. The van der Waals surface area contributed by atoms with Gasteiger partial charge in [0.2, 0.25) is 15.9 Å². The molecule has 1 amide bonds. The van der Waals surface area contributed by atoms with Crippen LogP contribution in [0.25, 0.3) is 0 Å². The topological polar surface area (TPSA) is 88.2 Å². The lowest BCUT2D eigenvalue weighted by Gasteiger charge is -2.15. The Kier molecular flexibility index (Phi) is 5.63. The minimum absolute atomic E-state index is 0.0594. The lowest BCUT2D eigenvalue weighted by molar-refractivity contribution is -0.122. The lowest BCUT2D eigenvalue weighted by atomic mass is 10.2. The monoisotopic (exact) mass is 351 g/mol. The molecule has 0 aliphatic carbocycles. The fraction of sp³-hybridized carbons (Fsp3) is 0.250. The summed E-state index contributed by atoms with van der Waals surface area (Å²) in [5.41, 5.74) is 1.07. The normalized spacial score (nSPS) is 12.6. The number of aromatic nitrogens is 1. The summed E-state index contributed by atoms with van der Waals surface area (Å²) in [7, 11) is -3.92. The van der Waals surface area contributed by atoms with Crippen molar-refractivity contribution in [2.24, 2.45) is 0 Å². The second kappa shape index (κ2) is 7.50. The van der Waals surface area contributed by atoms with Crippen LogP contribution in [0.3, 0.4) is 0 Å². The molecule has 1 heterocycles. The van der Waals surface area contributed by atoms with Crippen LogP contribution in [-0.4, -0.2) is 25.4 Å². The quantitative estimate of drug-likeness (QED) is 0.826. The van der Waals surface area contributed by atoms with Gasteiger partial charge in [-0.2, -0.15) is 4.72 Å².